The van der Waals surface area contributed by atoms with Crippen molar-refractivity contribution in [3.05, 3.63) is 47.6 Å². The highest BCUT2D eigenvalue weighted by molar-refractivity contribution is 5.15. The first-order valence-electron chi connectivity index (χ1n) is 8.39. The lowest BCUT2D eigenvalue weighted by Crippen LogP contribution is -2.34. The van der Waals surface area contributed by atoms with Crippen molar-refractivity contribution in [1.82, 2.24) is 15.0 Å². The summed E-state index contributed by atoms with van der Waals surface area (Å²) in [5.74, 6) is 2.02. The summed E-state index contributed by atoms with van der Waals surface area (Å²) in [6, 6.07) is 10.8. The Morgan fingerprint density at radius 1 is 1.22 bits per heavy atom. The lowest BCUT2D eigenvalue weighted by molar-refractivity contribution is 0.158. The fourth-order valence-corrected chi connectivity index (χ4v) is 3.07. The molecule has 2 aromatic rings. The molecule has 0 bridgehead atoms. The maximum Gasteiger partial charge on any atom is 0.240 e. The van der Waals surface area contributed by atoms with E-state index in [1.807, 2.05) is 13.8 Å². The lowest BCUT2D eigenvalue weighted by atomic mass is 9.90. The fraction of sp³-hybridized carbons (Fsp3) is 0.556. The van der Waals surface area contributed by atoms with Gasteiger partial charge < -0.3 is 10.3 Å². The number of benzene rings is 1. The molecule has 1 aliphatic rings. The summed E-state index contributed by atoms with van der Waals surface area (Å²) in [5, 5.41) is 3.99. The second-order valence-electron chi connectivity index (χ2n) is 7.14. The molecular formula is C18H26N4O. The Labute approximate surface area is 137 Å². The molecule has 5 nitrogen and oxygen atoms in total. The molecule has 1 saturated heterocycles. The summed E-state index contributed by atoms with van der Waals surface area (Å²) >= 11 is 0. The van der Waals surface area contributed by atoms with Gasteiger partial charge in [-0.2, -0.15) is 4.98 Å². The Balaban J connectivity index is 1.48. The van der Waals surface area contributed by atoms with E-state index in [0.29, 0.717) is 11.7 Å². The van der Waals surface area contributed by atoms with Crippen LogP contribution in [0, 0.1) is 5.92 Å². The minimum Gasteiger partial charge on any atom is -0.338 e. The first kappa shape index (κ1) is 16.1. The smallest absolute Gasteiger partial charge is 0.240 e. The normalized spacial score (nSPS) is 17.5. The van der Waals surface area contributed by atoms with Crippen molar-refractivity contribution in [2.75, 3.05) is 13.1 Å². The van der Waals surface area contributed by atoms with Gasteiger partial charge in [0.2, 0.25) is 5.89 Å². The Hall–Kier alpha value is -1.72. The van der Waals surface area contributed by atoms with Gasteiger partial charge in [0.25, 0.3) is 0 Å². The Morgan fingerprint density at radius 2 is 1.91 bits per heavy atom. The molecule has 2 N–H and O–H groups in total. The van der Waals surface area contributed by atoms with Crippen LogP contribution in [-0.2, 0) is 18.5 Å². The molecule has 3 rings (SSSR count). The molecule has 0 radical (unpaired) electrons. The monoisotopic (exact) mass is 314 g/mol. The molecule has 1 aromatic heterocycles. The van der Waals surface area contributed by atoms with Crippen molar-refractivity contribution in [2.24, 2.45) is 11.7 Å². The summed E-state index contributed by atoms with van der Waals surface area (Å²) in [4.78, 5) is 6.81. The maximum atomic E-state index is 6.00. The quantitative estimate of drug-likeness (QED) is 0.919. The van der Waals surface area contributed by atoms with E-state index in [9.17, 15) is 0 Å². The molecule has 23 heavy (non-hydrogen) atoms. The molecule has 0 amide bonds. The van der Waals surface area contributed by atoms with Gasteiger partial charge in [0.05, 0.1) is 12.1 Å². The van der Waals surface area contributed by atoms with Crippen molar-refractivity contribution >= 4 is 0 Å². The molecule has 0 atom stereocenters. The predicted octanol–water partition coefficient (Wildman–Crippen LogP) is 2.72. The van der Waals surface area contributed by atoms with Crippen LogP contribution in [0.15, 0.2) is 34.9 Å². The van der Waals surface area contributed by atoms with Crippen LogP contribution in [0.1, 0.15) is 44.0 Å². The zero-order chi connectivity index (χ0) is 16.3. The molecular weight excluding hydrogens is 288 g/mol. The molecule has 0 saturated carbocycles. The van der Waals surface area contributed by atoms with E-state index in [-0.39, 0.29) is 0 Å². The Morgan fingerprint density at radius 3 is 2.52 bits per heavy atom. The van der Waals surface area contributed by atoms with Crippen LogP contribution >= 0.6 is 0 Å². The zero-order valence-electron chi connectivity index (χ0n) is 14.0. The molecule has 0 unspecified atom stereocenters. The van der Waals surface area contributed by atoms with Crippen LogP contribution in [0.25, 0.3) is 0 Å². The number of hydrogen-bond donors (Lipinski definition) is 1. The van der Waals surface area contributed by atoms with Gasteiger partial charge >= 0.3 is 0 Å². The average molecular weight is 314 g/mol. The predicted molar refractivity (Wildman–Crippen MR) is 89.7 cm³/mol. The van der Waals surface area contributed by atoms with Gasteiger partial charge in [0.15, 0.2) is 5.82 Å². The number of piperidine rings is 1. The summed E-state index contributed by atoms with van der Waals surface area (Å²) in [6.45, 7) is 6.66. The topological polar surface area (TPSA) is 68.2 Å². The SMILES string of the molecule is CC(C)(N)c1noc(CN2CCC(Cc3ccccc3)CC2)n1. The highest BCUT2D eigenvalue weighted by atomic mass is 16.5. The molecule has 0 spiro atoms. The fourth-order valence-electron chi connectivity index (χ4n) is 3.07. The molecule has 1 aliphatic heterocycles. The first-order chi connectivity index (χ1) is 11.0. The van der Waals surface area contributed by atoms with E-state index >= 15 is 0 Å². The second kappa shape index (κ2) is 6.81. The van der Waals surface area contributed by atoms with E-state index in [1.54, 1.807) is 0 Å². The molecule has 1 fully saturated rings. The van der Waals surface area contributed by atoms with E-state index in [0.717, 1.165) is 25.6 Å². The molecule has 0 aliphatic carbocycles. The summed E-state index contributed by atoms with van der Waals surface area (Å²) < 4.78 is 5.33. The largest absolute Gasteiger partial charge is 0.338 e. The molecule has 5 heteroatoms. The van der Waals surface area contributed by atoms with Crippen molar-refractivity contribution in [3.63, 3.8) is 0 Å². The van der Waals surface area contributed by atoms with E-state index < -0.39 is 5.54 Å². The van der Waals surface area contributed by atoms with Crippen LogP contribution in [0.5, 0.6) is 0 Å². The number of aromatic nitrogens is 2. The van der Waals surface area contributed by atoms with Gasteiger partial charge in [-0.1, -0.05) is 35.5 Å². The van der Waals surface area contributed by atoms with Crippen molar-refractivity contribution < 1.29 is 4.52 Å². The van der Waals surface area contributed by atoms with Gasteiger partial charge in [-0.15, -0.1) is 0 Å². The Bertz CT molecular complexity index is 609. The van der Waals surface area contributed by atoms with Crippen LogP contribution < -0.4 is 5.73 Å². The number of rotatable bonds is 5. The summed E-state index contributed by atoms with van der Waals surface area (Å²) in [6.07, 6.45) is 3.62. The number of hydrogen-bond acceptors (Lipinski definition) is 5. The van der Waals surface area contributed by atoms with Crippen LogP contribution in [0.3, 0.4) is 0 Å². The van der Waals surface area contributed by atoms with Crippen molar-refractivity contribution in [3.8, 4) is 0 Å². The van der Waals surface area contributed by atoms with Gasteiger partial charge in [0.1, 0.15) is 0 Å². The van der Waals surface area contributed by atoms with E-state index in [4.69, 9.17) is 10.3 Å². The molecule has 2 heterocycles. The summed E-state index contributed by atoms with van der Waals surface area (Å²) in [7, 11) is 0. The molecule has 1 aromatic carbocycles. The minimum absolute atomic E-state index is 0.551. The standard InChI is InChI=1S/C18H26N4O/c1-18(2,19)17-20-16(23-21-17)13-22-10-8-15(9-11-22)12-14-6-4-3-5-7-14/h3-7,15H,8-13,19H2,1-2H3. The highest BCUT2D eigenvalue weighted by Gasteiger charge is 2.24. The van der Waals surface area contributed by atoms with E-state index in [2.05, 4.69) is 45.4 Å². The van der Waals surface area contributed by atoms with Crippen molar-refractivity contribution in [2.45, 2.75) is 45.2 Å². The third-order valence-electron chi connectivity index (χ3n) is 4.48. The van der Waals surface area contributed by atoms with Gasteiger partial charge in [0, 0.05) is 0 Å². The van der Waals surface area contributed by atoms with Crippen molar-refractivity contribution in [1.29, 1.82) is 0 Å². The first-order valence-corrected chi connectivity index (χ1v) is 8.39. The minimum atomic E-state index is -0.551. The lowest BCUT2D eigenvalue weighted by Gasteiger charge is -2.31. The Kier molecular flexibility index (Phi) is 4.78. The second-order valence-corrected chi connectivity index (χ2v) is 7.14. The third kappa shape index (κ3) is 4.39. The zero-order valence-corrected chi connectivity index (χ0v) is 14.0. The number of likely N-dealkylation sites (tertiary alicyclic amines) is 1. The highest BCUT2D eigenvalue weighted by Crippen LogP contribution is 2.23. The van der Waals surface area contributed by atoms with Crippen LogP contribution in [0.4, 0.5) is 0 Å². The van der Waals surface area contributed by atoms with Gasteiger partial charge in [-0.05, 0) is 57.7 Å². The number of nitrogens with zero attached hydrogens (tertiary/aromatic N) is 3. The van der Waals surface area contributed by atoms with Gasteiger partial charge in [-0.25, -0.2) is 0 Å². The van der Waals surface area contributed by atoms with Crippen LogP contribution in [0.2, 0.25) is 0 Å². The number of nitrogens with two attached hydrogens (primary N) is 1. The van der Waals surface area contributed by atoms with Crippen LogP contribution in [-0.4, -0.2) is 28.1 Å². The third-order valence-corrected chi connectivity index (χ3v) is 4.48. The van der Waals surface area contributed by atoms with Gasteiger partial charge in [-0.3, -0.25) is 4.90 Å². The average Bonchev–Trinajstić information content (AvgIpc) is 2.99. The maximum absolute atomic E-state index is 6.00. The molecule has 124 valence electrons. The van der Waals surface area contributed by atoms with E-state index in [1.165, 1.54) is 24.8 Å². The summed E-state index contributed by atoms with van der Waals surface area (Å²) in [5.41, 5.74) is 6.89.